The van der Waals surface area contributed by atoms with Crippen molar-refractivity contribution in [3.63, 3.8) is 0 Å². The number of hydrogen-bond acceptors (Lipinski definition) is 4. The first-order chi connectivity index (χ1) is 14.1. The van der Waals surface area contributed by atoms with Crippen LogP contribution in [0.15, 0.2) is 54.7 Å². The van der Waals surface area contributed by atoms with Crippen LogP contribution in [0.2, 0.25) is 0 Å². The number of aromatic nitrogens is 1. The molecule has 0 saturated heterocycles. The van der Waals surface area contributed by atoms with Gasteiger partial charge >= 0.3 is 0 Å². The molecule has 29 heavy (non-hydrogen) atoms. The topological polar surface area (TPSA) is 54.5 Å². The molecule has 5 nitrogen and oxygen atoms in total. The van der Waals surface area contributed by atoms with Gasteiger partial charge in [-0.2, -0.15) is 0 Å². The summed E-state index contributed by atoms with van der Waals surface area (Å²) in [4.78, 5) is 19.4. The van der Waals surface area contributed by atoms with Crippen molar-refractivity contribution >= 4 is 23.1 Å². The Balaban J connectivity index is 1.64. The molecular formula is C23H22FN3O2. The monoisotopic (exact) mass is 391 g/mol. The molecule has 0 bridgehead atoms. The lowest BCUT2D eigenvalue weighted by Gasteiger charge is -2.31. The normalized spacial score (nSPS) is 12.9. The smallest absolute Gasteiger partial charge is 0.259 e. The minimum absolute atomic E-state index is 0.326. The van der Waals surface area contributed by atoms with Crippen molar-refractivity contribution in [3.8, 4) is 5.75 Å². The molecule has 0 unspecified atom stereocenters. The molecular weight excluding hydrogens is 369 g/mol. The van der Waals surface area contributed by atoms with Gasteiger partial charge in [0.25, 0.3) is 5.91 Å². The third-order valence-corrected chi connectivity index (χ3v) is 4.96. The Kier molecular flexibility index (Phi) is 5.16. The van der Waals surface area contributed by atoms with Crippen LogP contribution in [0.1, 0.15) is 28.4 Å². The molecule has 148 valence electrons. The highest BCUT2D eigenvalue weighted by Crippen LogP contribution is 2.38. The molecule has 0 atom stereocenters. The molecule has 1 N–H and O–H groups in total. The molecule has 0 fully saturated rings. The lowest BCUT2D eigenvalue weighted by molar-refractivity contribution is 0.102. The summed E-state index contributed by atoms with van der Waals surface area (Å²) in [5.41, 5.74) is 3.29. The number of carbonyl (C=O) groups excluding carboxylic acids is 1. The molecule has 1 aliphatic heterocycles. The molecule has 0 spiro atoms. The Bertz CT molecular complexity index is 1050. The number of amides is 1. The molecule has 1 amide bonds. The Morgan fingerprint density at radius 2 is 2.10 bits per heavy atom. The summed E-state index contributed by atoms with van der Waals surface area (Å²) in [5.74, 6) is 0.636. The maximum atomic E-state index is 14.1. The Hall–Kier alpha value is -3.41. The maximum absolute atomic E-state index is 14.1. The zero-order chi connectivity index (χ0) is 20.4. The first kappa shape index (κ1) is 18.9. The molecule has 0 aliphatic carbocycles. The predicted molar refractivity (Wildman–Crippen MR) is 112 cm³/mol. The van der Waals surface area contributed by atoms with Gasteiger partial charge in [-0.25, -0.2) is 9.37 Å². The number of ether oxygens (including phenoxy) is 1. The lowest BCUT2D eigenvalue weighted by Crippen LogP contribution is -2.30. The zero-order valence-corrected chi connectivity index (χ0v) is 16.4. The first-order valence-corrected chi connectivity index (χ1v) is 9.62. The van der Waals surface area contributed by atoms with Gasteiger partial charge in [0.05, 0.1) is 17.8 Å². The number of anilines is 3. The summed E-state index contributed by atoms with van der Waals surface area (Å²) < 4.78 is 19.9. The average Bonchev–Trinajstić information content (AvgIpc) is 2.73. The third kappa shape index (κ3) is 3.78. The van der Waals surface area contributed by atoms with Crippen LogP contribution in [0.3, 0.4) is 0 Å². The van der Waals surface area contributed by atoms with Crippen LogP contribution >= 0.6 is 0 Å². The van der Waals surface area contributed by atoms with E-state index in [2.05, 4.69) is 10.3 Å². The number of rotatable bonds is 4. The molecule has 0 saturated carbocycles. The van der Waals surface area contributed by atoms with Crippen LogP contribution in [0.25, 0.3) is 0 Å². The van der Waals surface area contributed by atoms with E-state index < -0.39 is 0 Å². The van der Waals surface area contributed by atoms with Crippen LogP contribution in [0.5, 0.6) is 5.75 Å². The number of halogens is 1. The van der Waals surface area contributed by atoms with E-state index in [0.29, 0.717) is 42.1 Å². The fraction of sp³-hybridized carbons (Fsp3) is 0.217. The minimum atomic E-state index is -0.343. The van der Waals surface area contributed by atoms with Crippen molar-refractivity contribution in [2.45, 2.75) is 20.3 Å². The fourth-order valence-corrected chi connectivity index (χ4v) is 3.40. The van der Waals surface area contributed by atoms with Gasteiger partial charge < -0.3 is 15.0 Å². The molecule has 6 heteroatoms. The van der Waals surface area contributed by atoms with Crippen molar-refractivity contribution < 1.29 is 13.9 Å². The van der Waals surface area contributed by atoms with E-state index in [1.807, 2.05) is 49.2 Å². The number of nitrogens with zero attached hydrogens (tertiary/aromatic N) is 2. The number of nitrogens with one attached hydrogen (secondary N) is 1. The van der Waals surface area contributed by atoms with Crippen molar-refractivity contribution in [3.05, 3.63) is 77.2 Å². The summed E-state index contributed by atoms with van der Waals surface area (Å²) in [6.07, 6.45) is 2.42. The molecule has 0 radical (unpaired) electrons. The van der Waals surface area contributed by atoms with Gasteiger partial charge in [0.2, 0.25) is 0 Å². The second-order valence-corrected chi connectivity index (χ2v) is 6.96. The molecule has 2 aromatic carbocycles. The summed E-state index contributed by atoms with van der Waals surface area (Å²) in [7, 11) is 0. The molecule has 1 aromatic heterocycles. The summed E-state index contributed by atoms with van der Waals surface area (Å²) in [5, 5.41) is 2.77. The van der Waals surface area contributed by atoms with E-state index in [0.717, 1.165) is 17.1 Å². The van der Waals surface area contributed by atoms with Crippen LogP contribution < -0.4 is 15.0 Å². The largest absolute Gasteiger partial charge is 0.489 e. The quantitative estimate of drug-likeness (QED) is 0.689. The predicted octanol–water partition coefficient (Wildman–Crippen LogP) is 4.87. The van der Waals surface area contributed by atoms with Crippen molar-refractivity contribution in [2.24, 2.45) is 0 Å². The van der Waals surface area contributed by atoms with Crippen molar-refractivity contribution in [1.82, 2.24) is 4.98 Å². The van der Waals surface area contributed by atoms with Crippen molar-refractivity contribution in [1.29, 1.82) is 0 Å². The Morgan fingerprint density at radius 3 is 2.83 bits per heavy atom. The standard InChI is InChI=1S/C23H22FN3O2/c1-3-16-8-9-17(13-19(16)24)26-23(28)18-5-4-6-20-22(18)29-12-11-27(20)21-10-7-15(2)14-25-21/h4-10,13-14H,3,11-12H2,1-2H3,(H,26,28). The van der Waals surface area contributed by atoms with E-state index in [-0.39, 0.29) is 11.7 Å². The van der Waals surface area contributed by atoms with E-state index in [1.165, 1.54) is 6.07 Å². The summed E-state index contributed by atoms with van der Waals surface area (Å²) >= 11 is 0. The number of benzene rings is 2. The second-order valence-electron chi connectivity index (χ2n) is 6.96. The van der Waals surface area contributed by atoms with Gasteiger partial charge in [0.1, 0.15) is 18.2 Å². The van der Waals surface area contributed by atoms with Gasteiger partial charge in [-0.3, -0.25) is 4.79 Å². The summed E-state index contributed by atoms with van der Waals surface area (Å²) in [6.45, 7) is 4.95. The Morgan fingerprint density at radius 1 is 1.24 bits per heavy atom. The average molecular weight is 391 g/mol. The first-order valence-electron chi connectivity index (χ1n) is 9.62. The number of fused-ring (bicyclic) bond motifs is 1. The maximum Gasteiger partial charge on any atom is 0.259 e. The lowest BCUT2D eigenvalue weighted by atomic mass is 10.1. The number of aryl methyl sites for hydroxylation is 2. The highest BCUT2D eigenvalue weighted by atomic mass is 19.1. The molecule has 1 aliphatic rings. The van der Waals surface area contributed by atoms with E-state index in [9.17, 15) is 9.18 Å². The van der Waals surface area contributed by atoms with Crippen LogP contribution in [0, 0.1) is 12.7 Å². The molecule has 2 heterocycles. The highest BCUT2D eigenvalue weighted by Gasteiger charge is 2.25. The van der Waals surface area contributed by atoms with Crippen LogP contribution in [-0.2, 0) is 6.42 Å². The zero-order valence-electron chi connectivity index (χ0n) is 16.4. The fourth-order valence-electron chi connectivity index (χ4n) is 3.40. The SMILES string of the molecule is CCc1ccc(NC(=O)c2cccc3c2OCCN3c2ccc(C)cn2)cc1F. The van der Waals surface area contributed by atoms with Gasteiger partial charge in [-0.15, -0.1) is 0 Å². The highest BCUT2D eigenvalue weighted by molar-refractivity contribution is 6.07. The molecule has 3 aromatic rings. The van der Waals surface area contributed by atoms with Gasteiger partial charge in [-0.1, -0.05) is 25.1 Å². The van der Waals surface area contributed by atoms with Gasteiger partial charge in [0, 0.05) is 11.9 Å². The number of pyridine rings is 1. The van der Waals surface area contributed by atoms with Gasteiger partial charge in [0.15, 0.2) is 5.75 Å². The number of carbonyl (C=O) groups is 1. The van der Waals surface area contributed by atoms with E-state index in [1.54, 1.807) is 18.2 Å². The molecule has 4 rings (SSSR count). The number of hydrogen-bond donors (Lipinski definition) is 1. The Labute approximate surface area is 169 Å². The van der Waals surface area contributed by atoms with Gasteiger partial charge in [-0.05, 0) is 54.8 Å². The third-order valence-electron chi connectivity index (χ3n) is 4.96. The van der Waals surface area contributed by atoms with Crippen LogP contribution in [0.4, 0.5) is 21.6 Å². The van der Waals surface area contributed by atoms with Crippen LogP contribution in [-0.4, -0.2) is 24.0 Å². The van der Waals surface area contributed by atoms with Crippen molar-refractivity contribution in [2.75, 3.05) is 23.4 Å². The van der Waals surface area contributed by atoms with E-state index in [4.69, 9.17) is 4.74 Å². The van der Waals surface area contributed by atoms with E-state index >= 15 is 0 Å². The minimum Gasteiger partial charge on any atom is -0.489 e. The second kappa shape index (κ2) is 7.91. The number of para-hydroxylation sites is 1. The summed E-state index contributed by atoms with van der Waals surface area (Å²) in [6, 6.07) is 14.1.